The van der Waals surface area contributed by atoms with Gasteiger partial charge in [0.05, 0.1) is 27.7 Å². The number of rotatable bonds is 30. The van der Waals surface area contributed by atoms with Crippen LogP contribution >= 0.6 is 7.82 Å². The first kappa shape index (κ1) is 40.2. The number of aliphatic hydroxyl groups excluding tert-OH is 1. The molecule has 0 heterocycles. The molecular weight excluding hydrogens is 541 g/mol. The van der Waals surface area contributed by atoms with Gasteiger partial charge in [0.2, 0.25) is 0 Å². The molecule has 41 heavy (non-hydrogen) atoms. The predicted octanol–water partition coefficient (Wildman–Crippen LogP) is 7.48. The highest BCUT2D eigenvalue weighted by Gasteiger charge is 2.16. The normalized spacial score (nSPS) is 14.4. The van der Waals surface area contributed by atoms with Gasteiger partial charge in [0.1, 0.15) is 25.9 Å². The van der Waals surface area contributed by atoms with Crippen molar-refractivity contribution in [3.8, 4) is 0 Å². The zero-order chi connectivity index (χ0) is 30.7. The summed E-state index contributed by atoms with van der Waals surface area (Å²) in [6.45, 7) is 1.95. The molecule has 0 radical (unpaired) electrons. The molecular formula is C32H64NO7P. The highest BCUT2D eigenvalue weighted by atomic mass is 31.2. The van der Waals surface area contributed by atoms with Crippen LogP contribution in [0.3, 0.4) is 0 Å². The van der Waals surface area contributed by atoms with Gasteiger partial charge in [-0.05, 0) is 32.1 Å². The van der Waals surface area contributed by atoms with Gasteiger partial charge in [0.25, 0.3) is 7.82 Å². The van der Waals surface area contributed by atoms with Gasteiger partial charge in [-0.3, -0.25) is 9.36 Å². The van der Waals surface area contributed by atoms with Crippen LogP contribution in [0.1, 0.15) is 135 Å². The van der Waals surface area contributed by atoms with E-state index in [1.807, 2.05) is 21.1 Å². The molecule has 0 aromatic heterocycles. The lowest BCUT2D eigenvalue weighted by Gasteiger charge is -2.27. The third kappa shape index (κ3) is 32.0. The summed E-state index contributed by atoms with van der Waals surface area (Å²) in [5, 5.41) is 9.84. The maximum atomic E-state index is 11.9. The van der Waals surface area contributed by atoms with Gasteiger partial charge in [-0.1, -0.05) is 109 Å². The third-order valence-electron chi connectivity index (χ3n) is 7.02. The number of phosphoric acid groups is 1. The number of aliphatic hydroxyl groups is 1. The maximum Gasteiger partial charge on any atom is 0.305 e. The summed E-state index contributed by atoms with van der Waals surface area (Å²) in [4.78, 5) is 23.6. The fourth-order valence-corrected chi connectivity index (χ4v) is 5.09. The Morgan fingerprint density at radius 1 is 0.756 bits per heavy atom. The molecule has 1 N–H and O–H groups in total. The van der Waals surface area contributed by atoms with E-state index < -0.39 is 20.5 Å². The second-order valence-corrected chi connectivity index (χ2v) is 13.8. The van der Waals surface area contributed by atoms with E-state index in [1.54, 1.807) is 0 Å². The number of unbranched alkanes of at least 4 members (excludes halogenated alkanes) is 17. The Morgan fingerprint density at radius 3 is 1.71 bits per heavy atom. The number of allylic oxidation sites excluding steroid dienone is 2. The van der Waals surface area contributed by atoms with Crippen LogP contribution in [0.2, 0.25) is 0 Å². The molecule has 0 rings (SSSR count). The number of likely N-dealkylation sites (N-methyl/N-ethyl adjacent to an activating group) is 1. The van der Waals surface area contributed by atoms with E-state index in [2.05, 4.69) is 23.6 Å². The molecule has 0 bridgehead atoms. The highest BCUT2D eigenvalue weighted by Crippen LogP contribution is 2.38. The summed E-state index contributed by atoms with van der Waals surface area (Å²) >= 11 is 0. The van der Waals surface area contributed by atoms with Crippen molar-refractivity contribution in [1.29, 1.82) is 0 Å². The standard InChI is InChI=1S/C32H64NO7P/c1-5-6-7-8-9-10-11-12-13-14-15-16-17-18-19-20-21-22-23-24-25-26-32(35)38-29-31(34)30-40-41(36,37)39-28-27-33(2,3)4/h14-15,31,34H,5-13,16-30H2,1-4H3/b15-14-. The molecule has 0 spiro atoms. The van der Waals surface area contributed by atoms with Crippen molar-refractivity contribution in [2.75, 3.05) is 47.5 Å². The van der Waals surface area contributed by atoms with Gasteiger partial charge in [-0.2, -0.15) is 0 Å². The number of hydrogen-bond acceptors (Lipinski definition) is 7. The van der Waals surface area contributed by atoms with Gasteiger partial charge >= 0.3 is 5.97 Å². The molecule has 8 nitrogen and oxygen atoms in total. The molecule has 9 heteroatoms. The molecule has 0 aliphatic carbocycles. The lowest BCUT2D eigenvalue weighted by atomic mass is 10.1. The summed E-state index contributed by atoms with van der Waals surface area (Å²) in [6.07, 6.45) is 27.8. The third-order valence-corrected chi connectivity index (χ3v) is 7.98. The molecule has 0 aromatic rings. The van der Waals surface area contributed by atoms with E-state index in [4.69, 9.17) is 9.26 Å². The predicted molar refractivity (Wildman–Crippen MR) is 167 cm³/mol. The SMILES string of the molecule is CCCCCCCCCC/C=C\CCCCCCCCCCCC(=O)OCC(O)COP(=O)([O-])OCC[N+](C)(C)C. The highest BCUT2D eigenvalue weighted by molar-refractivity contribution is 7.45. The molecule has 0 aliphatic rings. The molecule has 244 valence electrons. The summed E-state index contributed by atoms with van der Waals surface area (Å²) < 4.78 is 26.8. The van der Waals surface area contributed by atoms with E-state index in [0.29, 0.717) is 17.4 Å². The Morgan fingerprint density at radius 2 is 1.22 bits per heavy atom. The number of nitrogens with zero attached hydrogens (tertiary/aromatic N) is 1. The first-order valence-corrected chi connectivity index (χ1v) is 17.9. The van der Waals surface area contributed by atoms with Crippen LogP contribution in [0.5, 0.6) is 0 Å². The molecule has 0 fully saturated rings. The van der Waals surface area contributed by atoms with Crippen LogP contribution in [-0.4, -0.2) is 69.2 Å². The smallest absolute Gasteiger partial charge is 0.305 e. The molecule has 0 saturated carbocycles. The number of carbonyl (C=O) groups is 1. The fourth-order valence-electron chi connectivity index (χ4n) is 4.35. The number of phosphoric ester groups is 1. The second-order valence-electron chi connectivity index (χ2n) is 12.4. The van der Waals surface area contributed by atoms with Gasteiger partial charge in [0.15, 0.2) is 0 Å². The summed E-state index contributed by atoms with van der Waals surface area (Å²) in [6, 6.07) is 0. The van der Waals surface area contributed by atoms with Gasteiger partial charge in [0, 0.05) is 6.42 Å². The Balaban J connectivity index is 3.47. The monoisotopic (exact) mass is 605 g/mol. The number of quaternary nitrogens is 1. The lowest BCUT2D eigenvalue weighted by molar-refractivity contribution is -0.870. The number of ether oxygens (including phenoxy) is 1. The molecule has 2 unspecified atom stereocenters. The average Bonchev–Trinajstić information content (AvgIpc) is 2.90. The Kier molecular flexibility index (Phi) is 26.3. The van der Waals surface area contributed by atoms with Gasteiger partial charge in [-0.15, -0.1) is 0 Å². The Hall–Kier alpha value is -0.760. The topological polar surface area (TPSA) is 105 Å². The summed E-state index contributed by atoms with van der Waals surface area (Å²) in [5.41, 5.74) is 0. The van der Waals surface area contributed by atoms with Crippen LogP contribution in [-0.2, 0) is 23.1 Å². The minimum atomic E-state index is -4.49. The number of esters is 1. The van der Waals surface area contributed by atoms with E-state index in [0.717, 1.165) is 19.3 Å². The quantitative estimate of drug-likeness (QED) is 0.0298. The van der Waals surface area contributed by atoms with E-state index in [9.17, 15) is 19.4 Å². The minimum Gasteiger partial charge on any atom is -0.756 e. The fraction of sp³-hybridized carbons (Fsp3) is 0.906. The van der Waals surface area contributed by atoms with Crippen molar-refractivity contribution >= 4 is 13.8 Å². The molecule has 0 aromatic carbocycles. The number of hydrogen-bond donors (Lipinski definition) is 1. The van der Waals surface area contributed by atoms with Crippen molar-refractivity contribution in [2.24, 2.45) is 0 Å². The minimum absolute atomic E-state index is 0.00726. The van der Waals surface area contributed by atoms with Gasteiger partial charge in [-0.25, -0.2) is 0 Å². The van der Waals surface area contributed by atoms with Crippen LogP contribution in [0.25, 0.3) is 0 Å². The Labute approximate surface area is 252 Å². The van der Waals surface area contributed by atoms with Crippen molar-refractivity contribution in [3.05, 3.63) is 12.2 Å². The zero-order valence-electron chi connectivity index (χ0n) is 27.0. The first-order chi connectivity index (χ1) is 19.6. The second kappa shape index (κ2) is 26.8. The first-order valence-electron chi connectivity index (χ1n) is 16.4. The molecule has 2 atom stereocenters. The van der Waals surface area contributed by atoms with Crippen LogP contribution < -0.4 is 4.89 Å². The molecule has 0 saturated heterocycles. The lowest BCUT2D eigenvalue weighted by Crippen LogP contribution is -2.37. The van der Waals surface area contributed by atoms with Crippen molar-refractivity contribution in [2.45, 2.75) is 141 Å². The Bertz CT molecular complexity index is 681. The van der Waals surface area contributed by atoms with Crippen molar-refractivity contribution in [1.82, 2.24) is 0 Å². The van der Waals surface area contributed by atoms with Crippen LogP contribution in [0, 0.1) is 0 Å². The average molecular weight is 606 g/mol. The van der Waals surface area contributed by atoms with Crippen molar-refractivity contribution < 1.29 is 37.6 Å². The summed E-state index contributed by atoms with van der Waals surface area (Å²) in [5.74, 6) is -0.389. The zero-order valence-corrected chi connectivity index (χ0v) is 27.9. The van der Waals surface area contributed by atoms with Gasteiger partial charge < -0.3 is 28.3 Å². The summed E-state index contributed by atoms with van der Waals surface area (Å²) in [7, 11) is 1.25. The van der Waals surface area contributed by atoms with Crippen LogP contribution in [0.4, 0.5) is 0 Å². The van der Waals surface area contributed by atoms with Crippen molar-refractivity contribution in [3.63, 3.8) is 0 Å². The largest absolute Gasteiger partial charge is 0.756 e. The number of carbonyl (C=O) groups excluding carboxylic acids is 1. The van der Waals surface area contributed by atoms with E-state index in [1.165, 1.54) is 103 Å². The molecule has 0 amide bonds. The van der Waals surface area contributed by atoms with E-state index in [-0.39, 0.29) is 19.2 Å². The molecule has 0 aliphatic heterocycles. The van der Waals surface area contributed by atoms with Crippen LogP contribution in [0.15, 0.2) is 12.2 Å². The van der Waals surface area contributed by atoms with E-state index >= 15 is 0 Å². The maximum absolute atomic E-state index is 11.9.